The highest BCUT2D eigenvalue weighted by molar-refractivity contribution is 5.93. The molecule has 0 fully saturated rings. The fourth-order valence-electron chi connectivity index (χ4n) is 1.45. The van der Waals surface area contributed by atoms with Crippen LogP contribution in [0.5, 0.6) is 0 Å². The molecule has 0 aliphatic rings. The zero-order chi connectivity index (χ0) is 15.2. The van der Waals surface area contributed by atoms with Gasteiger partial charge in [-0.3, -0.25) is 4.79 Å². The van der Waals surface area contributed by atoms with Crippen LogP contribution in [0.15, 0.2) is 30.3 Å². The molecule has 0 aliphatic carbocycles. The molecule has 2 amide bonds. The number of primary amides is 1. The van der Waals surface area contributed by atoms with Gasteiger partial charge in [0.25, 0.3) is 0 Å². The van der Waals surface area contributed by atoms with E-state index in [2.05, 4.69) is 5.32 Å². The molecule has 20 heavy (non-hydrogen) atoms. The van der Waals surface area contributed by atoms with Crippen molar-refractivity contribution in [1.29, 1.82) is 0 Å². The summed E-state index contributed by atoms with van der Waals surface area (Å²) < 4.78 is 5.10. The molecule has 0 saturated carbocycles. The summed E-state index contributed by atoms with van der Waals surface area (Å²) in [7, 11) is 0. The maximum atomic E-state index is 11.4. The Morgan fingerprint density at radius 2 is 2.05 bits per heavy atom. The summed E-state index contributed by atoms with van der Waals surface area (Å²) in [6.07, 6.45) is 3.10. The molecule has 5 heteroatoms. The lowest BCUT2D eigenvalue weighted by Gasteiger charge is -2.19. The van der Waals surface area contributed by atoms with Crippen LogP contribution >= 0.6 is 0 Å². The molecule has 3 N–H and O–H groups in total. The van der Waals surface area contributed by atoms with E-state index in [0.717, 1.165) is 5.56 Å². The summed E-state index contributed by atoms with van der Waals surface area (Å²) in [5.74, 6) is -0.466. The van der Waals surface area contributed by atoms with Crippen LogP contribution in [0, 0.1) is 0 Å². The van der Waals surface area contributed by atoms with Crippen LogP contribution in [0.4, 0.5) is 4.79 Å². The highest BCUT2D eigenvalue weighted by Gasteiger charge is 2.14. The van der Waals surface area contributed by atoms with Gasteiger partial charge in [0.2, 0.25) is 5.91 Å². The summed E-state index contributed by atoms with van der Waals surface area (Å²) in [5, 5.41) is 2.61. The smallest absolute Gasteiger partial charge is 0.407 e. The topological polar surface area (TPSA) is 81.4 Å². The van der Waals surface area contributed by atoms with Gasteiger partial charge < -0.3 is 15.8 Å². The molecule has 0 radical (unpaired) electrons. The molecule has 5 nitrogen and oxygen atoms in total. The number of hydrogen-bond donors (Lipinski definition) is 2. The van der Waals surface area contributed by atoms with Crippen LogP contribution < -0.4 is 11.1 Å². The summed E-state index contributed by atoms with van der Waals surface area (Å²) in [4.78, 5) is 22.4. The second-order valence-electron chi connectivity index (χ2n) is 5.27. The number of nitrogens with one attached hydrogen (secondary N) is 1. The third kappa shape index (κ3) is 6.04. The maximum absolute atomic E-state index is 11.4. The Morgan fingerprint density at radius 3 is 2.65 bits per heavy atom. The monoisotopic (exact) mass is 276 g/mol. The van der Waals surface area contributed by atoms with Crippen LogP contribution in [-0.2, 0) is 4.74 Å². The van der Waals surface area contributed by atoms with Gasteiger partial charge in [0.05, 0.1) is 0 Å². The molecule has 108 valence electrons. The first-order valence-electron chi connectivity index (χ1n) is 6.31. The Morgan fingerprint density at radius 1 is 1.35 bits per heavy atom. The van der Waals surface area contributed by atoms with E-state index >= 15 is 0 Å². The Kier molecular flexibility index (Phi) is 5.32. The lowest BCUT2D eigenvalue weighted by molar-refractivity contribution is 0.0534. The van der Waals surface area contributed by atoms with Crippen molar-refractivity contribution in [3.63, 3.8) is 0 Å². The first-order chi connectivity index (χ1) is 9.28. The minimum Gasteiger partial charge on any atom is -0.444 e. The predicted molar refractivity (Wildman–Crippen MR) is 78.2 cm³/mol. The van der Waals surface area contributed by atoms with Crippen LogP contribution in [0.1, 0.15) is 36.7 Å². The molecule has 0 aromatic heterocycles. The lowest BCUT2D eigenvalue weighted by atomic mass is 10.1. The van der Waals surface area contributed by atoms with Crippen molar-refractivity contribution in [2.45, 2.75) is 26.4 Å². The average Bonchev–Trinajstić information content (AvgIpc) is 2.33. The Balaban J connectivity index is 2.47. The minimum atomic E-state index is -0.510. The van der Waals surface area contributed by atoms with Gasteiger partial charge in [0.15, 0.2) is 0 Å². The molecule has 0 atom stereocenters. The van der Waals surface area contributed by atoms with Gasteiger partial charge in [-0.2, -0.15) is 0 Å². The standard InChI is InChI=1S/C15H20N2O3/c1-15(2,3)20-14(19)17-9-5-7-11-6-4-8-12(10-11)13(16)18/h4-8,10H,9H2,1-3H3,(H2,16,18)(H,17,19). The molecule has 0 aliphatic heterocycles. The first kappa shape index (κ1) is 15.8. The van der Waals surface area contributed by atoms with E-state index in [1.54, 1.807) is 51.1 Å². The highest BCUT2D eigenvalue weighted by Crippen LogP contribution is 2.07. The van der Waals surface area contributed by atoms with E-state index < -0.39 is 17.6 Å². The lowest BCUT2D eigenvalue weighted by Crippen LogP contribution is -2.32. The van der Waals surface area contributed by atoms with Crippen molar-refractivity contribution in [1.82, 2.24) is 5.32 Å². The van der Waals surface area contributed by atoms with Crippen molar-refractivity contribution >= 4 is 18.1 Å². The van der Waals surface area contributed by atoms with Crippen molar-refractivity contribution < 1.29 is 14.3 Å². The Labute approximate surface area is 118 Å². The number of amides is 2. The number of carbonyl (C=O) groups excluding carboxylic acids is 2. The van der Waals surface area contributed by atoms with Gasteiger partial charge >= 0.3 is 6.09 Å². The highest BCUT2D eigenvalue weighted by atomic mass is 16.6. The number of hydrogen-bond acceptors (Lipinski definition) is 3. The van der Waals surface area contributed by atoms with Gasteiger partial charge in [-0.05, 0) is 38.5 Å². The molecule has 0 heterocycles. The maximum Gasteiger partial charge on any atom is 0.407 e. The minimum absolute atomic E-state index is 0.343. The zero-order valence-corrected chi connectivity index (χ0v) is 12.0. The summed E-state index contributed by atoms with van der Waals surface area (Å²) in [6.45, 7) is 5.75. The number of carbonyl (C=O) groups is 2. The van der Waals surface area contributed by atoms with E-state index in [-0.39, 0.29) is 0 Å². The number of benzene rings is 1. The summed E-state index contributed by atoms with van der Waals surface area (Å²) in [6, 6.07) is 6.93. The largest absolute Gasteiger partial charge is 0.444 e. The molecule has 0 spiro atoms. The van der Waals surface area contributed by atoms with Gasteiger partial charge in [0.1, 0.15) is 5.60 Å². The van der Waals surface area contributed by atoms with Crippen molar-refractivity contribution in [2.75, 3.05) is 6.54 Å². The number of rotatable bonds is 4. The summed E-state index contributed by atoms with van der Waals surface area (Å²) in [5.41, 5.74) is 5.98. The van der Waals surface area contributed by atoms with E-state index in [4.69, 9.17) is 10.5 Å². The molecule has 1 rings (SSSR count). The molecule has 1 aromatic carbocycles. The van der Waals surface area contributed by atoms with Crippen LogP contribution in [-0.4, -0.2) is 24.1 Å². The van der Waals surface area contributed by atoms with E-state index in [1.165, 1.54) is 0 Å². The molecule has 0 unspecified atom stereocenters. The SMILES string of the molecule is CC(C)(C)OC(=O)NCC=Cc1cccc(C(N)=O)c1. The quantitative estimate of drug-likeness (QED) is 0.885. The Hall–Kier alpha value is -2.30. The second-order valence-corrected chi connectivity index (χ2v) is 5.27. The van der Waals surface area contributed by atoms with Crippen molar-refractivity contribution in [3.05, 3.63) is 41.5 Å². The van der Waals surface area contributed by atoms with E-state index in [9.17, 15) is 9.59 Å². The van der Waals surface area contributed by atoms with Crippen molar-refractivity contribution in [3.8, 4) is 0 Å². The average molecular weight is 276 g/mol. The zero-order valence-electron chi connectivity index (χ0n) is 12.0. The van der Waals surface area contributed by atoms with Crippen LogP contribution in [0.25, 0.3) is 6.08 Å². The van der Waals surface area contributed by atoms with E-state index in [0.29, 0.717) is 12.1 Å². The molecular formula is C15H20N2O3. The van der Waals surface area contributed by atoms with Gasteiger partial charge in [-0.15, -0.1) is 0 Å². The third-order valence-corrected chi connectivity index (χ3v) is 2.24. The van der Waals surface area contributed by atoms with Gasteiger partial charge in [-0.1, -0.05) is 24.3 Å². The Bertz CT molecular complexity index is 516. The molecule has 0 saturated heterocycles. The van der Waals surface area contributed by atoms with Crippen LogP contribution in [0.3, 0.4) is 0 Å². The molecule has 0 bridgehead atoms. The number of nitrogens with two attached hydrogens (primary N) is 1. The molecular weight excluding hydrogens is 256 g/mol. The number of alkyl carbamates (subject to hydrolysis) is 1. The fraction of sp³-hybridized carbons (Fsp3) is 0.333. The molecule has 1 aromatic rings. The third-order valence-electron chi connectivity index (χ3n) is 2.24. The summed E-state index contributed by atoms with van der Waals surface area (Å²) >= 11 is 0. The predicted octanol–water partition coefficient (Wildman–Crippen LogP) is 2.32. The van der Waals surface area contributed by atoms with Crippen molar-refractivity contribution in [2.24, 2.45) is 5.73 Å². The number of ether oxygens (including phenoxy) is 1. The van der Waals surface area contributed by atoms with E-state index in [1.807, 2.05) is 6.07 Å². The van der Waals surface area contributed by atoms with Crippen LogP contribution in [0.2, 0.25) is 0 Å². The second kappa shape index (κ2) is 6.75. The van der Waals surface area contributed by atoms with Gasteiger partial charge in [0, 0.05) is 12.1 Å². The fourth-order valence-corrected chi connectivity index (χ4v) is 1.45. The van der Waals surface area contributed by atoms with Gasteiger partial charge in [-0.25, -0.2) is 4.79 Å². The normalized spacial score (nSPS) is 11.3. The first-order valence-corrected chi connectivity index (χ1v) is 6.31.